The first kappa shape index (κ1) is 16.0. The van der Waals surface area contributed by atoms with Gasteiger partial charge in [-0.05, 0) is 6.92 Å². The average molecular weight is 266 g/mol. The molecule has 0 radical (unpaired) electrons. The molecule has 1 unspecified atom stereocenters. The van der Waals surface area contributed by atoms with Crippen molar-refractivity contribution < 1.29 is 31.1 Å². The zero-order valence-electron chi connectivity index (χ0n) is 8.87. The normalized spacial score (nSPS) is 14.5. The van der Waals surface area contributed by atoms with Crippen molar-refractivity contribution in [3.05, 3.63) is 0 Å². The maximum absolute atomic E-state index is 11.8. The minimum atomic E-state index is -4.53. The van der Waals surface area contributed by atoms with Crippen LogP contribution in [-0.2, 0) is 4.79 Å². The summed E-state index contributed by atoms with van der Waals surface area (Å²) in [7, 11) is 0. The molecule has 0 aliphatic carbocycles. The third-order valence-electron chi connectivity index (χ3n) is 1.63. The number of amides is 1. The molecule has 0 saturated carbocycles. The second-order valence-corrected chi connectivity index (χ2v) is 3.49. The van der Waals surface area contributed by atoms with Crippen molar-refractivity contribution in [3.63, 3.8) is 0 Å². The van der Waals surface area contributed by atoms with E-state index in [1.165, 1.54) is 12.2 Å². The van der Waals surface area contributed by atoms with E-state index in [0.29, 0.717) is 0 Å². The van der Waals surface area contributed by atoms with Crippen molar-refractivity contribution in [2.45, 2.75) is 31.7 Å². The molecule has 0 aromatic rings. The van der Waals surface area contributed by atoms with Crippen LogP contribution >= 0.6 is 0 Å². The maximum atomic E-state index is 11.8. The zero-order chi connectivity index (χ0) is 13.7. The molecular weight excluding hydrogens is 254 g/mol. The highest BCUT2D eigenvalue weighted by atomic mass is 19.4. The standard InChI is InChI=1S/C8H12F6N2O/c1-5(2-7(9,10)11)15-3-6(17)16-4-8(12,13)14/h5,15H,2-4H2,1H3,(H,16,17). The van der Waals surface area contributed by atoms with E-state index in [-0.39, 0.29) is 0 Å². The third-order valence-corrected chi connectivity index (χ3v) is 1.63. The summed E-state index contributed by atoms with van der Waals surface area (Å²) in [5, 5.41) is 3.71. The molecule has 0 aromatic heterocycles. The van der Waals surface area contributed by atoms with Crippen molar-refractivity contribution in [3.8, 4) is 0 Å². The molecule has 0 bridgehead atoms. The van der Waals surface area contributed by atoms with Crippen LogP contribution in [0, 0.1) is 0 Å². The van der Waals surface area contributed by atoms with Gasteiger partial charge < -0.3 is 10.6 Å². The van der Waals surface area contributed by atoms with Gasteiger partial charge in [0, 0.05) is 6.04 Å². The number of halogens is 6. The monoisotopic (exact) mass is 266 g/mol. The number of alkyl halides is 6. The quantitative estimate of drug-likeness (QED) is 0.742. The van der Waals surface area contributed by atoms with Crippen LogP contribution in [0.2, 0.25) is 0 Å². The third kappa shape index (κ3) is 11.3. The highest BCUT2D eigenvalue weighted by Gasteiger charge is 2.30. The molecule has 1 atom stereocenters. The maximum Gasteiger partial charge on any atom is 0.405 e. The van der Waals surface area contributed by atoms with E-state index in [1.807, 2.05) is 0 Å². The Kier molecular flexibility index (Phi) is 5.73. The lowest BCUT2D eigenvalue weighted by Crippen LogP contribution is -2.42. The molecule has 0 heterocycles. The van der Waals surface area contributed by atoms with Crippen LogP contribution < -0.4 is 10.6 Å². The second kappa shape index (κ2) is 6.08. The van der Waals surface area contributed by atoms with Gasteiger partial charge in [-0.25, -0.2) is 0 Å². The van der Waals surface area contributed by atoms with Gasteiger partial charge in [-0.3, -0.25) is 4.79 Å². The Morgan fingerprint density at radius 2 is 1.65 bits per heavy atom. The number of rotatable bonds is 5. The molecule has 0 saturated heterocycles. The largest absolute Gasteiger partial charge is 0.405 e. The van der Waals surface area contributed by atoms with Crippen molar-refractivity contribution in [2.24, 2.45) is 0 Å². The predicted molar refractivity (Wildman–Crippen MR) is 47.2 cm³/mol. The smallest absolute Gasteiger partial charge is 0.346 e. The first-order chi connectivity index (χ1) is 7.49. The van der Waals surface area contributed by atoms with Crippen LogP contribution in [0.25, 0.3) is 0 Å². The Balaban J connectivity index is 3.78. The van der Waals surface area contributed by atoms with Crippen LogP contribution in [0.3, 0.4) is 0 Å². The molecular formula is C8H12F6N2O. The molecule has 0 aromatic carbocycles. The van der Waals surface area contributed by atoms with Crippen LogP contribution in [0.1, 0.15) is 13.3 Å². The van der Waals surface area contributed by atoms with Gasteiger partial charge >= 0.3 is 12.4 Å². The summed E-state index contributed by atoms with van der Waals surface area (Å²) in [4.78, 5) is 10.8. The highest BCUT2D eigenvalue weighted by molar-refractivity contribution is 5.78. The summed E-state index contributed by atoms with van der Waals surface area (Å²) in [6, 6.07) is -1.04. The fraction of sp³-hybridized carbons (Fsp3) is 0.875. The van der Waals surface area contributed by atoms with E-state index < -0.39 is 43.8 Å². The van der Waals surface area contributed by atoms with E-state index in [0.717, 1.165) is 0 Å². The summed E-state index contributed by atoms with van der Waals surface area (Å²) in [6.45, 7) is -0.904. The van der Waals surface area contributed by atoms with E-state index >= 15 is 0 Å². The van der Waals surface area contributed by atoms with Gasteiger partial charge in [0.25, 0.3) is 0 Å². The summed E-state index contributed by atoms with van der Waals surface area (Å²) in [5.41, 5.74) is 0. The minimum Gasteiger partial charge on any atom is -0.346 e. The average Bonchev–Trinajstić information content (AvgIpc) is 2.07. The molecule has 2 N–H and O–H groups in total. The molecule has 17 heavy (non-hydrogen) atoms. The number of nitrogens with one attached hydrogen (secondary N) is 2. The first-order valence-corrected chi connectivity index (χ1v) is 4.63. The SMILES string of the molecule is CC(CC(F)(F)F)NCC(=O)NCC(F)(F)F. The van der Waals surface area contributed by atoms with E-state index in [4.69, 9.17) is 0 Å². The fourth-order valence-electron chi connectivity index (χ4n) is 0.948. The molecule has 3 nitrogen and oxygen atoms in total. The van der Waals surface area contributed by atoms with Gasteiger partial charge in [-0.1, -0.05) is 0 Å². The van der Waals surface area contributed by atoms with Crippen molar-refractivity contribution in [1.29, 1.82) is 0 Å². The molecule has 0 aliphatic heterocycles. The molecule has 1 amide bonds. The van der Waals surface area contributed by atoms with E-state index in [1.54, 1.807) is 0 Å². The number of hydrogen-bond acceptors (Lipinski definition) is 2. The molecule has 9 heteroatoms. The van der Waals surface area contributed by atoms with Gasteiger partial charge in [0.15, 0.2) is 0 Å². The second-order valence-electron chi connectivity index (χ2n) is 3.49. The zero-order valence-corrected chi connectivity index (χ0v) is 8.87. The van der Waals surface area contributed by atoms with Gasteiger partial charge in [0.1, 0.15) is 6.54 Å². The van der Waals surface area contributed by atoms with Crippen molar-refractivity contribution >= 4 is 5.91 Å². The lowest BCUT2D eigenvalue weighted by atomic mass is 10.2. The van der Waals surface area contributed by atoms with Crippen LogP contribution in [0.5, 0.6) is 0 Å². The van der Waals surface area contributed by atoms with Gasteiger partial charge in [0.05, 0.1) is 13.0 Å². The summed E-state index contributed by atoms with van der Waals surface area (Å²) in [6.07, 6.45) is -10.1. The molecule has 0 spiro atoms. The van der Waals surface area contributed by atoms with Crippen LogP contribution in [0.4, 0.5) is 26.3 Å². The van der Waals surface area contributed by atoms with Gasteiger partial charge in [0.2, 0.25) is 5.91 Å². The number of hydrogen-bond donors (Lipinski definition) is 2. The van der Waals surface area contributed by atoms with Gasteiger partial charge in [-0.15, -0.1) is 0 Å². The molecule has 0 rings (SSSR count). The topological polar surface area (TPSA) is 41.1 Å². The molecule has 0 aliphatic rings. The predicted octanol–water partition coefficient (Wildman–Crippen LogP) is 1.60. The summed E-state index contributed by atoms with van der Waals surface area (Å²) < 4.78 is 70.5. The highest BCUT2D eigenvalue weighted by Crippen LogP contribution is 2.21. The first-order valence-electron chi connectivity index (χ1n) is 4.63. The fourth-order valence-corrected chi connectivity index (χ4v) is 0.948. The Morgan fingerprint density at radius 3 is 2.06 bits per heavy atom. The number of carbonyl (C=O) groups excluding carboxylic acids is 1. The Bertz CT molecular complexity index is 249. The van der Waals surface area contributed by atoms with E-state index in [2.05, 4.69) is 5.32 Å². The Hall–Kier alpha value is -0.990. The summed E-state index contributed by atoms with van der Waals surface area (Å²) in [5.74, 6) is -1.00. The van der Waals surface area contributed by atoms with Gasteiger partial charge in [-0.2, -0.15) is 26.3 Å². The lowest BCUT2D eigenvalue weighted by molar-refractivity contribution is -0.141. The molecule has 0 fully saturated rings. The summed E-state index contributed by atoms with van der Waals surface area (Å²) >= 11 is 0. The number of carbonyl (C=O) groups is 1. The van der Waals surface area contributed by atoms with Crippen LogP contribution in [0.15, 0.2) is 0 Å². The lowest BCUT2D eigenvalue weighted by Gasteiger charge is -2.15. The van der Waals surface area contributed by atoms with Crippen molar-refractivity contribution in [1.82, 2.24) is 10.6 Å². The Labute approximate surface area is 93.5 Å². The van der Waals surface area contributed by atoms with Crippen molar-refractivity contribution in [2.75, 3.05) is 13.1 Å². The van der Waals surface area contributed by atoms with Crippen LogP contribution in [-0.4, -0.2) is 37.4 Å². The Morgan fingerprint density at radius 1 is 1.12 bits per heavy atom. The minimum absolute atomic E-state index is 0.590. The molecule has 102 valence electrons. The van der Waals surface area contributed by atoms with E-state index in [9.17, 15) is 31.1 Å².